The average Bonchev–Trinajstić information content (AvgIpc) is 2.08. The summed E-state index contributed by atoms with van der Waals surface area (Å²) in [5.41, 5.74) is 0.423. The van der Waals surface area contributed by atoms with Gasteiger partial charge in [-0.05, 0) is 6.07 Å². The highest BCUT2D eigenvalue weighted by molar-refractivity contribution is 9.10. The molecule has 0 bridgehead atoms. The Hall–Kier alpha value is -1.41. The van der Waals surface area contributed by atoms with E-state index in [1.54, 1.807) is 12.1 Å². The first-order chi connectivity index (χ1) is 6.15. The topological polar surface area (TPSA) is 66.9 Å². The van der Waals surface area contributed by atoms with Crippen LogP contribution in [0.2, 0.25) is 0 Å². The molecule has 0 amide bonds. The zero-order chi connectivity index (χ0) is 9.84. The molecule has 0 heterocycles. The molecule has 0 aliphatic rings. The zero-order valence-electron chi connectivity index (χ0n) is 6.53. The fraction of sp³-hybridized carbons (Fsp3) is 0.125. The van der Waals surface area contributed by atoms with Crippen molar-refractivity contribution in [1.29, 1.82) is 5.26 Å². The van der Waals surface area contributed by atoms with Gasteiger partial charge < -0.3 is 0 Å². The van der Waals surface area contributed by atoms with Gasteiger partial charge in [-0.3, -0.25) is 10.1 Å². The molecule has 0 atom stereocenters. The highest BCUT2D eigenvalue weighted by Gasteiger charge is 2.12. The van der Waals surface area contributed by atoms with Crippen molar-refractivity contribution in [3.63, 3.8) is 0 Å². The predicted molar refractivity (Wildman–Crippen MR) is 50.1 cm³/mol. The van der Waals surface area contributed by atoms with E-state index in [9.17, 15) is 10.1 Å². The Labute approximate surface area is 83.1 Å². The number of benzene rings is 1. The second-order valence-corrected chi connectivity index (χ2v) is 3.28. The second kappa shape index (κ2) is 4.01. The molecule has 0 unspecified atom stereocenters. The number of nitriles is 1. The molecule has 0 aromatic heterocycles. The predicted octanol–water partition coefficient (Wildman–Crippen LogP) is 2.42. The van der Waals surface area contributed by atoms with Gasteiger partial charge >= 0.3 is 0 Å². The van der Waals surface area contributed by atoms with Crippen LogP contribution in [0.3, 0.4) is 0 Å². The van der Waals surface area contributed by atoms with Crippen LogP contribution in [0.4, 0.5) is 5.69 Å². The first kappa shape index (κ1) is 9.68. The fourth-order valence-electron chi connectivity index (χ4n) is 0.942. The summed E-state index contributed by atoms with van der Waals surface area (Å²) in [7, 11) is 0. The molecular formula is C8H5BrN2O2. The van der Waals surface area contributed by atoms with Gasteiger partial charge in [0.1, 0.15) is 0 Å². The fourth-order valence-corrected chi connectivity index (χ4v) is 1.29. The van der Waals surface area contributed by atoms with Gasteiger partial charge in [0.05, 0.1) is 17.4 Å². The Balaban J connectivity index is 3.20. The molecule has 4 nitrogen and oxygen atoms in total. The monoisotopic (exact) mass is 240 g/mol. The number of nitro groups is 1. The lowest BCUT2D eigenvalue weighted by Crippen LogP contribution is -1.94. The van der Waals surface area contributed by atoms with Crippen LogP contribution in [0.25, 0.3) is 0 Å². The van der Waals surface area contributed by atoms with E-state index in [1.165, 1.54) is 6.07 Å². The smallest absolute Gasteiger partial charge is 0.258 e. The molecule has 0 radical (unpaired) electrons. The van der Waals surface area contributed by atoms with E-state index in [0.29, 0.717) is 10.0 Å². The first-order valence-electron chi connectivity index (χ1n) is 3.45. The van der Waals surface area contributed by atoms with Gasteiger partial charge in [0.15, 0.2) is 0 Å². The summed E-state index contributed by atoms with van der Waals surface area (Å²) in [6.45, 7) is 0. The van der Waals surface area contributed by atoms with Crippen molar-refractivity contribution in [2.45, 2.75) is 6.42 Å². The van der Waals surface area contributed by atoms with E-state index in [-0.39, 0.29) is 12.1 Å². The van der Waals surface area contributed by atoms with E-state index in [2.05, 4.69) is 15.9 Å². The van der Waals surface area contributed by atoms with E-state index in [4.69, 9.17) is 5.26 Å². The maximum absolute atomic E-state index is 10.5. The quantitative estimate of drug-likeness (QED) is 0.589. The van der Waals surface area contributed by atoms with Gasteiger partial charge in [-0.25, -0.2) is 0 Å². The standard InChI is InChI=1S/C8H5BrN2O2/c9-7-2-1-6(3-4-10)8(5-7)11(12)13/h1-2,5H,3H2. The Morgan fingerprint density at radius 2 is 2.31 bits per heavy atom. The van der Waals surface area contributed by atoms with Crippen molar-refractivity contribution in [3.05, 3.63) is 38.3 Å². The van der Waals surface area contributed by atoms with Crippen LogP contribution in [0.5, 0.6) is 0 Å². The highest BCUT2D eigenvalue weighted by Crippen LogP contribution is 2.23. The number of hydrogen-bond acceptors (Lipinski definition) is 3. The third kappa shape index (κ3) is 2.26. The number of nitrogens with zero attached hydrogens (tertiary/aromatic N) is 2. The van der Waals surface area contributed by atoms with Crippen molar-refractivity contribution in [1.82, 2.24) is 0 Å². The van der Waals surface area contributed by atoms with E-state index in [0.717, 1.165) is 0 Å². The molecule has 0 aliphatic heterocycles. The van der Waals surface area contributed by atoms with Crippen molar-refractivity contribution in [3.8, 4) is 6.07 Å². The summed E-state index contributed by atoms with van der Waals surface area (Å²) in [4.78, 5) is 10.0. The maximum Gasteiger partial charge on any atom is 0.274 e. The summed E-state index contributed by atoms with van der Waals surface area (Å²) in [6, 6.07) is 6.53. The normalized spacial score (nSPS) is 9.23. The van der Waals surface area contributed by atoms with Crippen LogP contribution in [0.15, 0.2) is 22.7 Å². The molecule has 0 saturated heterocycles. The van der Waals surface area contributed by atoms with Crippen molar-refractivity contribution >= 4 is 21.6 Å². The summed E-state index contributed by atoms with van der Waals surface area (Å²) in [6.07, 6.45) is 0.0591. The van der Waals surface area contributed by atoms with Gasteiger partial charge in [0, 0.05) is 16.1 Å². The Morgan fingerprint density at radius 3 is 2.85 bits per heavy atom. The van der Waals surface area contributed by atoms with Gasteiger partial charge in [-0.15, -0.1) is 0 Å². The highest BCUT2D eigenvalue weighted by atomic mass is 79.9. The Bertz CT molecular complexity index is 384. The lowest BCUT2D eigenvalue weighted by molar-refractivity contribution is -0.385. The van der Waals surface area contributed by atoms with Crippen molar-refractivity contribution < 1.29 is 4.92 Å². The molecule has 5 heteroatoms. The molecule has 0 N–H and O–H groups in total. The lowest BCUT2D eigenvalue weighted by atomic mass is 10.1. The zero-order valence-corrected chi connectivity index (χ0v) is 8.11. The molecule has 1 aromatic carbocycles. The summed E-state index contributed by atoms with van der Waals surface area (Å²) < 4.78 is 0.640. The van der Waals surface area contributed by atoms with Gasteiger partial charge in [-0.1, -0.05) is 22.0 Å². The van der Waals surface area contributed by atoms with Gasteiger partial charge in [0.2, 0.25) is 0 Å². The molecule has 1 rings (SSSR count). The number of hydrogen-bond donors (Lipinski definition) is 0. The molecule has 1 aromatic rings. The van der Waals surface area contributed by atoms with Crippen LogP contribution in [0, 0.1) is 21.4 Å². The third-order valence-corrected chi connectivity index (χ3v) is 2.01. The van der Waals surface area contributed by atoms with Crippen molar-refractivity contribution in [2.75, 3.05) is 0 Å². The van der Waals surface area contributed by atoms with E-state index >= 15 is 0 Å². The molecule has 13 heavy (non-hydrogen) atoms. The van der Waals surface area contributed by atoms with E-state index in [1.807, 2.05) is 6.07 Å². The average molecular weight is 241 g/mol. The van der Waals surface area contributed by atoms with Crippen molar-refractivity contribution in [2.24, 2.45) is 0 Å². The van der Waals surface area contributed by atoms with Gasteiger partial charge in [-0.2, -0.15) is 5.26 Å². The number of rotatable bonds is 2. The second-order valence-electron chi connectivity index (χ2n) is 2.37. The Kier molecular flexibility index (Phi) is 2.98. The minimum absolute atomic E-state index is 0.0177. The first-order valence-corrected chi connectivity index (χ1v) is 4.24. The van der Waals surface area contributed by atoms with Crippen LogP contribution < -0.4 is 0 Å². The molecule has 0 aliphatic carbocycles. The van der Waals surface area contributed by atoms with Crippen LogP contribution >= 0.6 is 15.9 Å². The maximum atomic E-state index is 10.5. The minimum atomic E-state index is -0.489. The van der Waals surface area contributed by atoms with E-state index < -0.39 is 4.92 Å². The lowest BCUT2D eigenvalue weighted by Gasteiger charge is -1.97. The Morgan fingerprint density at radius 1 is 1.62 bits per heavy atom. The van der Waals surface area contributed by atoms with Crippen LogP contribution in [0.1, 0.15) is 5.56 Å². The summed E-state index contributed by atoms with van der Waals surface area (Å²) >= 11 is 3.13. The molecule has 0 spiro atoms. The molecular weight excluding hydrogens is 236 g/mol. The van der Waals surface area contributed by atoms with Gasteiger partial charge in [0.25, 0.3) is 5.69 Å². The third-order valence-electron chi connectivity index (χ3n) is 1.51. The molecule has 66 valence electrons. The number of nitro benzene ring substituents is 1. The largest absolute Gasteiger partial charge is 0.274 e. The van der Waals surface area contributed by atoms with Crippen LogP contribution in [-0.2, 0) is 6.42 Å². The SMILES string of the molecule is N#CCc1ccc(Br)cc1[N+](=O)[O-]. The minimum Gasteiger partial charge on any atom is -0.258 e. The van der Waals surface area contributed by atoms with Crippen LogP contribution in [-0.4, -0.2) is 4.92 Å². The molecule has 0 saturated carbocycles. The number of halogens is 1. The molecule has 0 fully saturated rings. The summed E-state index contributed by atoms with van der Waals surface area (Å²) in [5, 5.41) is 18.9. The summed E-state index contributed by atoms with van der Waals surface area (Å²) in [5.74, 6) is 0.